The second kappa shape index (κ2) is 11.4. The summed E-state index contributed by atoms with van der Waals surface area (Å²) < 4.78 is 5.46. The van der Waals surface area contributed by atoms with Gasteiger partial charge < -0.3 is 24.8 Å². The van der Waals surface area contributed by atoms with Crippen LogP contribution in [-0.2, 0) is 11.3 Å². The van der Waals surface area contributed by atoms with Crippen LogP contribution in [0.1, 0.15) is 37.3 Å². The zero-order chi connectivity index (χ0) is 21.3. The van der Waals surface area contributed by atoms with Gasteiger partial charge in [0.05, 0.1) is 31.8 Å². The topological polar surface area (TPSA) is 61.8 Å². The summed E-state index contributed by atoms with van der Waals surface area (Å²) in [5, 5.41) is 5.18. The van der Waals surface area contributed by atoms with Crippen molar-refractivity contribution in [3.8, 4) is 0 Å². The molecule has 0 aliphatic carbocycles. The molecule has 3 N–H and O–H groups in total. The highest BCUT2D eigenvalue weighted by Gasteiger charge is 2.17. The fourth-order valence-corrected chi connectivity index (χ4v) is 4.18. The van der Waals surface area contributed by atoms with Crippen molar-refractivity contribution < 1.29 is 9.64 Å². The van der Waals surface area contributed by atoms with Gasteiger partial charge in [-0.3, -0.25) is 4.79 Å². The van der Waals surface area contributed by atoms with E-state index >= 15 is 0 Å². The normalized spacial score (nSPS) is 14.7. The molecule has 0 saturated carbocycles. The lowest BCUT2D eigenvalue weighted by Crippen LogP contribution is -3.14. The molecule has 164 valence electrons. The number of unbranched alkanes of at least 4 members (excludes halogenated alkanes) is 1. The third-order valence-electron chi connectivity index (χ3n) is 5.78. The number of aromatic amines is 1. The Kier molecular flexibility index (Phi) is 8.66. The molecule has 1 aliphatic heterocycles. The lowest BCUT2D eigenvalue weighted by molar-refractivity contribution is -0.908. The number of H-pyrrole nitrogens is 1. The highest BCUT2D eigenvalue weighted by atomic mass is 32.1. The Morgan fingerprint density at radius 1 is 1.30 bits per heavy atom. The number of rotatable bonds is 9. The van der Waals surface area contributed by atoms with Gasteiger partial charge in [0.2, 0.25) is 0 Å². The second-order valence-electron chi connectivity index (χ2n) is 8.14. The third-order valence-corrected chi connectivity index (χ3v) is 6.18. The summed E-state index contributed by atoms with van der Waals surface area (Å²) >= 11 is 5.69. The van der Waals surface area contributed by atoms with Crippen molar-refractivity contribution in [3.63, 3.8) is 0 Å². The molecule has 0 atom stereocenters. The van der Waals surface area contributed by atoms with Gasteiger partial charge in [-0.2, -0.15) is 0 Å². The third kappa shape index (κ3) is 6.27. The molecular weight excluding hydrogens is 396 g/mol. The zero-order valence-corrected chi connectivity index (χ0v) is 19.1. The molecule has 30 heavy (non-hydrogen) atoms. The highest BCUT2D eigenvalue weighted by molar-refractivity contribution is 7.80. The fourth-order valence-electron chi connectivity index (χ4n) is 3.92. The van der Waals surface area contributed by atoms with E-state index in [1.54, 1.807) is 4.90 Å². The van der Waals surface area contributed by atoms with Crippen molar-refractivity contribution in [1.29, 1.82) is 0 Å². The monoisotopic (exact) mass is 431 g/mol. The Balaban J connectivity index is 1.70. The molecule has 0 unspecified atom stereocenters. The van der Waals surface area contributed by atoms with Gasteiger partial charge in [0.1, 0.15) is 13.1 Å². The van der Waals surface area contributed by atoms with Gasteiger partial charge in [0, 0.05) is 25.1 Å². The number of quaternary nitrogens is 1. The molecule has 2 aromatic rings. The number of fused-ring (bicyclic) bond motifs is 1. The van der Waals surface area contributed by atoms with E-state index in [9.17, 15) is 4.79 Å². The van der Waals surface area contributed by atoms with Crippen LogP contribution in [0, 0.1) is 6.92 Å². The van der Waals surface area contributed by atoms with Crippen LogP contribution in [0.5, 0.6) is 0 Å². The van der Waals surface area contributed by atoms with E-state index in [2.05, 4.69) is 22.1 Å². The van der Waals surface area contributed by atoms with Gasteiger partial charge in [-0.1, -0.05) is 31.5 Å². The molecule has 1 saturated heterocycles. The minimum absolute atomic E-state index is 0.0306. The lowest BCUT2D eigenvalue weighted by Gasteiger charge is -2.28. The number of benzene rings is 1. The molecule has 0 radical (unpaired) electrons. The summed E-state index contributed by atoms with van der Waals surface area (Å²) in [6.45, 7) is 11.4. The van der Waals surface area contributed by atoms with E-state index in [4.69, 9.17) is 17.0 Å². The van der Waals surface area contributed by atoms with Crippen LogP contribution in [0.15, 0.2) is 29.1 Å². The smallest absolute Gasteiger partial charge is 0.253 e. The van der Waals surface area contributed by atoms with E-state index in [0.29, 0.717) is 6.54 Å². The molecule has 0 bridgehead atoms. The van der Waals surface area contributed by atoms with Crippen LogP contribution in [0.2, 0.25) is 0 Å². The minimum atomic E-state index is -0.0306. The van der Waals surface area contributed by atoms with Gasteiger partial charge >= 0.3 is 0 Å². The minimum Gasteiger partial charge on any atom is -0.370 e. The Hall–Kier alpha value is -1.96. The quantitative estimate of drug-likeness (QED) is 0.416. The van der Waals surface area contributed by atoms with E-state index < -0.39 is 0 Å². The van der Waals surface area contributed by atoms with Crippen molar-refractivity contribution in [1.82, 2.24) is 15.2 Å². The maximum atomic E-state index is 12.8. The summed E-state index contributed by atoms with van der Waals surface area (Å²) in [5.41, 5.74) is 2.72. The molecule has 1 aliphatic rings. The fraction of sp³-hybridized carbons (Fsp3) is 0.565. The highest BCUT2D eigenvalue weighted by Crippen LogP contribution is 2.16. The average Bonchev–Trinajstić information content (AvgIpc) is 2.75. The number of nitrogens with zero attached hydrogens (tertiary/aromatic N) is 1. The number of thiocarbonyl (C=S) groups is 1. The van der Waals surface area contributed by atoms with Crippen molar-refractivity contribution >= 4 is 28.2 Å². The Labute approximate surface area is 184 Å². The molecule has 6 nitrogen and oxygen atoms in total. The number of para-hydroxylation sites is 1. The molecule has 0 spiro atoms. The van der Waals surface area contributed by atoms with Crippen molar-refractivity contribution in [3.05, 3.63) is 45.7 Å². The molecule has 1 fully saturated rings. The number of hydrogen-bond acceptors (Lipinski definition) is 3. The first-order chi connectivity index (χ1) is 14.6. The SMILES string of the molecule is CCCCNC(=S)N(CCC[NH+]1CCOCC1)Cc1cc2cccc(C)c2[nH]c1=O. The Morgan fingerprint density at radius 3 is 2.87 bits per heavy atom. The first kappa shape index (κ1) is 22.7. The molecule has 2 heterocycles. The summed E-state index contributed by atoms with van der Waals surface area (Å²) in [4.78, 5) is 19.6. The molecule has 1 aromatic carbocycles. The second-order valence-corrected chi connectivity index (χ2v) is 8.52. The maximum Gasteiger partial charge on any atom is 0.253 e. The van der Waals surface area contributed by atoms with Gasteiger partial charge in [-0.15, -0.1) is 0 Å². The summed E-state index contributed by atoms with van der Waals surface area (Å²) in [5.74, 6) is 0. The van der Waals surface area contributed by atoms with Crippen molar-refractivity contribution in [2.75, 3.05) is 45.9 Å². The number of hydrogen-bond donors (Lipinski definition) is 3. The number of pyridine rings is 1. The summed E-state index contributed by atoms with van der Waals surface area (Å²) in [6.07, 6.45) is 3.25. The number of nitrogens with one attached hydrogen (secondary N) is 3. The van der Waals surface area contributed by atoms with Crippen LogP contribution in [0.25, 0.3) is 10.9 Å². The summed E-state index contributed by atoms with van der Waals surface area (Å²) in [6, 6.07) is 8.10. The average molecular weight is 432 g/mol. The number of morpholine rings is 1. The molecule has 7 heteroatoms. The predicted molar refractivity (Wildman–Crippen MR) is 126 cm³/mol. The zero-order valence-electron chi connectivity index (χ0n) is 18.3. The number of aryl methyl sites for hydroxylation is 1. The number of ether oxygens (including phenoxy) is 1. The lowest BCUT2D eigenvalue weighted by atomic mass is 10.1. The molecule has 0 amide bonds. The van der Waals surface area contributed by atoms with E-state index in [-0.39, 0.29) is 5.56 Å². The van der Waals surface area contributed by atoms with Gasteiger partial charge in [0.15, 0.2) is 5.11 Å². The predicted octanol–water partition coefficient (Wildman–Crippen LogP) is 1.62. The van der Waals surface area contributed by atoms with Gasteiger partial charge in [-0.25, -0.2) is 0 Å². The van der Waals surface area contributed by atoms with Gasteiger partial charge in [0.25, 0.3) is 5.56 Å². The van der Waals surface area contributed by atoms with Crippen LogP contribution < -0.4 is 15.8 Å². The van der Waals surface area contributed by atoms with Gasteiger partial charge in [-0.05, 0) is 42.6 Å². The maximum absolute atomic E-state index is 12.8. The Morgan fingerprint density at radius 2 is 2.10 bits per heavy atom. The van der Waals surface area contributed by atoms with Crippen LogP contribution in [0.4, 0.5) is 0 Å². The Bertz CT molecular complexity index is 892. The number of aromatic nitrogens is 1. The van der Waals surface area contributed by atoms with Crippen LogP contribution >= 0.6 is 12.2 Å². The molecule has 3 rings (SSSR count). The van der Waals surface area contributed by atoms with E-state index in [0.717, 1.165) is 92.3 Å². The molecular formula is C23H35N4O2S+. The van der Waals surface area contributed by atoms with Crippen LogP contribution in [0.3, 0.4) is 0 Å². The van der Waals surface area contributed by atoms with E-state index in [1.165, 1.54) is 0 Å². The van der Waals surface area contributed by atoms with Crippen molar-refractivity contribution in [2.45, 2.75) is 39.7 Å². The van der Waals surface area contributed by atoms with E-state index in [1.807, 2.05) is 31.2 Å². The first-order valence-electron chi connectivity index (χ1n) is 11.1. The van der Waals surface area contributed by atoms with Crippen LogP contribution in [-0.4, -0.2) is 60.9 Å². The first-order valence-corrected chi connectivity index (χ1v) is 11.5. The molecule has 1 aromatic heterocycles. The standard InChI is InChI=1S/C23H34N4O2S/c1-3-4-9-24-23(30)27(11-6-10-26-12-14-29-15-13-26)17-20-16-19-8-5-7-18(2)21(19)25-22(20)28/h5,7-8,16H,3-4,6,9-15,17H2,1-2H3,(H,24,30)(H,25,28)/p+1. The largest absolute Gasteiger partial charge is 0.370 e. The summed E-state index contributed by atoms with van der Waals surface area (Å²) in [7, 11) is 0. The van der Waals surface area contributed by atoms with Crippen molar-refractivity contribution in [2.24, 2.45) is 0 Å².